The third kappa shape index (κ3) is 5.68. The summed E-state index contributed by atoms with van der Waals surface area (Å²) >= 11 is 0. The third-order valence-electron chi connectivity index (χ3n) is 2.98. The number of imidazole rings is 1. The molecule has 4 nitrogen and oxygen atoms in total. The number of H-pyrrole nitrogens is 1. The van der Waals surface area contributed by atoms with E-state index in [0.29, 0.717) is 0 Å². The number of aromatic nitrogens is 2. The zero-order chi connectivity index (χ0) is 13.2. The Balaban J connectivity index is 2.10. The molecular formula is C14H24N4. The molecule has 0 radical (unpaired) electrons. The lowest BCUT2D eigenvalue weighted by Gasteiger charge is -2.13. The first-order valence-electron chi connectivity index (χ1n) is 6.49. The van der Waals surface area contributed by atoms with E-state index in [4.69, 9.17) is 5.73 Å². The highest BCUT2D eigenvalue weighted by atomic mass is 14.9. The van der Waals surface area contributed by atoms with Crippen LogP contribution in [0.5, 0.6) is 0 Å². The highest BCUT2D eigenvalue weighted by molar-refractivity contribution is 5.10. The summed E-state index contributed by atoms with van der Waals surface area (Å²) in [4.78, 5) is 7.05. The van der Waals surface area contributed by atoms with Crippen LogP contribution in [0.2, 0.25) is 0 Å². The average Bonchev–Trinajstić information content (AvgIpc) is 2.86. The van der Waals surface area contributed by atoms with Crippen LogP contribution in [-0.4, -0.2) is 22.6 Å². The van der Waals surface area contributed by atoms with Gasteiger partial charge in [0.15, 0.2) is 0 Å². The highest BCUT2D eigenvalue weighted by Crippen LogP contribution is 2.12. The molecule has 1 aromatic rings. The van der Waals surface area contributed by atoms with Gasteiger partial charge < -0.3 is 16.0 Å². The third-order valence-corrected chi connectivity index (χ3v) is 2.98. The largest absolute Gasteiger partial charge is 0.391 e. The van der Waals surface area contributed by atoms with E-state index >= 15 is 0 Å². The summed E-state index contributed by atoms with van der Waals surface area (Å²) in [7, 11) is 0. The van der Waals surface area contributed by atoms with Crippen molar-refractivity contribution in [1.82, 2.24) is 15.3 Å². The minimum atomic E-state index is 0.0248. The highest BCUT2D eigenvalue weighted by Gasteiger charge is 2.08. The van der Waals surface area contributed by atoms with E-state index in [9.17, 15) is 0 Å². The van der Waals surface area contributed by atoms with Gasteiger partial charge in [0.2, 0.25) is 0 Å². The lowest BCUT2D eigenvalue weighted by atomic mass is 9.99. The number of unbranched alkanes of at least 4 members (excludes halogenated alkanes) is 2. The van der Waals surface area contributed by atoms with Gasteiger partial charge in [-0.2, -0.15) is 0 Å². The lowest BCUT2D eigenvalue weighted by molar-refractivity contribution is 0.625. The Morgan fingerprint density at radius 3 is 3.00 bits per heavy atom. The number of hydrogen-bond donors (Lipinski definition) is 3. The van der Waals surface area contributed by atoms with Gasteiger partial charge in [0.05, 0.1) is 6.33 Å². The molecule has 1 rings (SSSR count). The maximum Gasteiger partial charge on any atom is 0.0921 e. The fraction of sp³-hybridized carbons (Fsp3) is 0.500. The van der Waals surface area contributed by atoms with Crippen LogP contribution < -0.4 is 11.1 Å². The standard InChI is InChI=1S/C14H24N4/c1-3-16-8-6-4-5-7-12(2)14(15)9-13-10-17-11-18-13/h3,10-11,14,16H,1-2,4-9,15H2,(H,17,18). The van der Waals surface area contributed by atoms with E-state index in [0.717, 1.165) is 43.5 Å². The minimum Gasteiger partial charge on any atom is -0.391 e. The number of nitrogens with zero attached hydrogens (tertiary/aromatic N) is 1. The first kappa shape index (κ1) is 14.5. The Labute approximate surface area is 109 Å². The van der Waals surface area contributed by atoms with Crippen LogP contribution in [0.4, 0.5) is 0 Å². The molecule has 1 atom stereocenters. The topological polar surface area (TPSA) is 66.7 Å². The molecular weight excluding hydrogens is 224 g/mol. The van der Waals surface area contributed by atoms with Crippen molar-refractivity contribution in [2.75, 3.05) is 6.54 Å². The second-order valence-corrected chi connectivity index (χ2v) is 4.51. The lowest BCUT2D eigenvalue weighted by Crippen LogP contribution is -2.25. The SMILES string of the molecule is C=CNCCCCCC(=C)C(N)Cc1cnc[nH]1. The summed E-state index contributed by atoms with van der Waals surface area (Å²) in [6.45, 7) is 8.69. The van der Waals surface area contributed by atoms with Crippen molar-refractivity contribution in [3.05, 3.63) is 43.1 Å². The molecule has 0 aliphatic carbocycles. The van der Waals surface area contributed by atoms with Gasteiger partial charge >= 0.3 is 0 Å². The van der Waals surface area contributed by atoms with E-state index < -0.39 is 0 Å². The summed E-state index contributed by atoms with van der Waals surface area (Å²) in [6.07, 6.45) is 10.5. The van der Waals surface area contributed by atoms with Gasteiger partial charge in [0.1, 0.15) is 0 Å². The van der Waals surface area contributed by atoms with Gasteiger partial charge in [-0.1, -0.05) is 25.2 Å². The van der Waals surface area contributed by atoms with Crippen LogP contribution in [0, 0.1) is 0 Å². The van der Waals surface area contributed by atoms with E-state index in [1.54, 1.807) is 12.5 Å². The first-order valence-corrected chi connectivity index (χ1v) is 6.49. The second kappa shape index (κ2) is 8.53. The monoisotopic (exact) mass is 248 g/mol. The van der Waals surface area contributed by atoms with Crippen LogP contribution >= 0.6 is 0 Å². The summed E-state index contributed by atoms with van der Waals surface area (Å²) < 4.78 is 0. The van der Waals surface area contributed by atoms with Crippen LogP contribution in [0.1, 0.15) is 31.4 Å². The molecule has 0 fully saturated rings. The van der Waals surface area contributed by atoms with Gasteiger partial charge in [-0.05, 0) is 25.5 Å². The summed E-state index contributed by atoms with van der Waals surface area (Å²) in [5.41, 5.74) is 8.29. The van der Waals surface area contributed by atoms with E-state index in [1.807, 2.05) is 6.20 Å². The zero-order valence-electron chi connectivity index (χ0n) is 11.0. The summed E-state index contributed by atoms with van der Waals surface area (Å²) in [6, 6.07) is 0.0248. The minimum absolute atomic E-state index is 0.0248. The Morgan fingerprint density at radius 2 is 2.33 bits per heavy atom. The van der Waals surface area contributed by atoms with Gasteiger partial charge in [-0.25, -0.2) is 4.98 Å². The molecule has 0 aliphatic heterocycles. The Kier molecular flexibility index (Phi) is 6.87. The molecule has 0 saturated carbocycles. The fourth-order valence-electron chi connectivity index (χ4n) is 1.82. The van der Waals surface area contributed by atoms with Gasteiger partial charge in [-0.3, -0.25) is 0 Å². The average molecular weight is 248 g/mol. The van der Waals surface area contributed by atoms with Crippen molar-refractivity contribution in [3.63, 3.8) is 0 Å². The molecule has 4 N–H and O–H groups in total. The summed E-state index contributed by atoms with van der Waals surface area (Å²) in [5.74, 6) is 0. The van der Waals surface area contributed by atoms with Crippen LogP contribution in [0.3, 0.4) is 0 Å². The number of nitrogens with one attached hydrogen (secondary N) is 2. The smallest absolute Gasteiger partial charge is 0.0921 e. The number of rotatable bonds is 10. The summed E-state index contributed by atoms with van der Waals surface area (Å²) in [5, 5.41) is 3.09. The maximum absolute atomic E-state index is 6.10. The Hall–Kier alpha value is -1.55. The van der Waals surface area contributed by atoms with Crippen molar-refractivity contribution >= 4 is 0 Å². The number of nitrogens with two attached hydrogens (primary N) is 1. The fourth-order valence-corrected chi connectivity index (χ4v) is 1.82. The Bertz CT molecular complexity index is 343. The molecule has 0 spiro atoms. The van der Waals surface area contributed by atoms with E-state index in [-0.39, 0.29) is 6.04 Å². The molecule has 0 saturated heterocycles. The molecule has 0 aromatic carbocycles. The van der Waals surface area contributed by atoms with Gasteiger partial charge in [0.25, 0.3) is 0 Å². The molecule has 0 bridgehead atoms. The molecule has 1 unspecified atom stereocenters. The normalized spacial score (nSPS) is 12.1. The second-order valence-electron chi connectivity index (χ2n) is 4.51. The van der Waals surface area contributed by atoms with Gasteiger partial charge in [-0.15, -0.1) is 0 Å². The van der Waals surface area contributed by atoms with Crippen LogP contribution in [-0.2, 0) is 6.42 Å². The van der Waals surface area contributed by atoms with E-state index in [1.165, 1.54) is 6.42 Å². The van der Waals surface area contributed by atoms with Crippen LogP contribution in [0.15, 0.2) is 37.5 Å². The first-order chi connectivity index (χ1) is 8.74. The predicted octanol–water partition coefficient (Wildman–Crippen LogP) is 2.13. The molecule has 18 heavy (non-hydrogen) atoms. The predicted molar refractivity (Wildman–Crippen MR) is 76.1 cm³/mol. The maximum atomic E-state index is 6.10. The molecule has 1 aromatic heterocycles. The molecule has 1 heterocycles. The molecule has 100 valence electrons. The van der Waals surface area contributed by atoms with Crippen molar-refractivity contribution in [1.29, 1.82) is 0 Å². The van der Waals surface area contributed by atoms with Crippen LogP contribution in [0.25, 0.3) is 0 Å². The quantitative estimate of drug-likeness (QED) is 0.439. The van der Waals surface area contributed by atoms with E-state index in [2.05, 4.69) is 28.4 Å². The molecule has 4 heteroatoms. The van der Waals surface area contributed by atoms with Crippen molar-refractivity contribution < 1.29 is 0 Å². The molecule has 0 amide bonds. The van der Waals surface area contributed by atoms with Crippen molar-refractivity contribution in [2.24, 2.45) is 5.73 Å². The zero-order valence-corrected chi connectivity index (χ0v) is 11.0. The van der Waals surface area contributed by atoms with Crippen molar-refractivity contribution in [2.45, 2.75) is 38.1 Å². The Morgan fingerprint density at radius 1 is 1.50 bits per heavy atom. The molecule has 0 aliphatic rings. The number of hydrogen-bond acceptors (Lipinski definition) is 3. The number of aromatic amines is 1. The van der Waals surface area contributed by atoms with Crippen molar-refractivity contribution in [3.8, 4) is 0 Å². The van der Waals surface area contributed by atoms with Gasteiger partial charge in [0, 0.05) is 30.9 Å².